The molecule has 0 aliphatic heterocycles. The molecule has 1 aromatic heterocycles. The normalized spacial score (nSPS) is 11.9. The first-order chi connectivity index (χ1) is 5.74. The van der Waals surface area contributed by atoms with Gasteiger partial charge in [0.15, 0.2) is 0 Å². The van der Waals surface area contributed by atoms with Gasteiger partial charge >= 0.3 is 0 Å². The van der Waals surface area contributed by atoms with Gasteiger partial charge in [0, 0.05) is 12.4 Å². The Morgan fingerprint density at radius 2 is 2.17 bits per heavy atom. The van der Waals surface area contributed by atoms with E-state index >= 15 is 0 Å². The summed E-state index contributed by atoms with van der Waals surface area (Å²) >= 11 is 1.69. The van der Waals surface area contributed by atoms with Crippen molar-refractivity contribution in [3.8, 4) is 0 Å². The highest BCUT2D eigenvalue weighted by atomic mass is 32.1. The third-order valence-electron chi connectivity index (χ3n) is 1.40. The zero-order valence-electron chi connectivity index (χ0n) is 7.53. The molecule has 0 aliphatic rings. The average molecular weight is 180 g/mol. The highest BCUT2D eigenvalue weighted by Crippen LogP contribution is 2.18. The molecule has 1 heterocycles. The van der Waals surface area contributed by atoms with E-state index < -0.39 is 0 Å². The zero-order chi connectivity index (χ0) is 8.97. The predicted octanol–water partition coefficient (Wildman–Crippen LogP) is 2.82. The minimum absolute atomic E-state index is 1.08. The van der Waals surface area contributed by atoms with E-state index in [9.17, 15) is 0 Å². The van der Waals surface area contributed by atoms with Crippen LogP contribution in [-0.4, -0.2) is 11.2 Å². The topological polar surface area (TPSA) is 25.2 Å². The van der Waals surface area contributed by atoms with Gasteiger partial charge in [-0.3, -0.25) is 4.99 Å². The van der Waals surface area contributed by atoms with Crippen LogP contribution in [0.2, 0.25) is 0 Å². The van der Waals surface area contributed by atoms with Gasteiger partial charge in [-0.15, -0.1) is 11.3 Å². The second-order valence-corrected chi connectivity index (χ2v) is 3.64. The van der Waals surface area contributed by atoms with Crippen LogP contribution in [0.4, 0.5) is 0 Å². The SMILES string of the molecule is CC=NC=Cc1sc(C)nc1C. The molecule has 0 atom stereocenters. The van der Waals surface area contributed by atoms with Crippen LogP contribution < -0.4 is 0 Å². The molecule has 0 bridgehead atoms. The van der Waals surface area contributed by atoms with E-state index in [1.807, 2.05) is 26.8 Å². The molecule has 0 N–H and O–H groups in total. The van der Waals surface area contributed by atoms with Crippen molar-refractivity contribution in [3.05, 3.63) is 21.8 Å². The van der Waals surface area contributed by atoms with Gasteiger partial charge in [0.25, 0.3) is 0 Å². The van der Waals surface area contributed by atoms with Gasteiger partial charge in [0.05, 0.1) is 15.6 Å². The Kier molecular flexibility index (Phi) is 3.17. The van der Waals surface area contributed by atoms with Gasteiger partial charge in [0.2, 0.25) is 0 Å². The number of hydrogen-bond acceptors (Lipinski definition) is 3. The van der Waals surface area contributed by atoms with Crippen LogP contribution in [0.5, 0.6) is 0 Å². The zero-order valence-corrected chi connectivity index (χ0v) is 8.35. The van der Waals surface area contributed by atoms with Gasteiger partial charge in [-0.1, -0.05) is 0 Å². The fourth-order valence-electron chi connectivity index (χ4n) is 0.898. The van der Waals surface area contributed by atoms with Crippen LogP contribution >= 0.6 is 11.3 Å². The van der Waals surface area contributed by atoms with Crippen LogP contribution in [-0.2, 0) is 0 Å². The molecule has 1 aromatic rings. The van der Waals surface area contributed by atoms with E-state index in [-0.39, 0.29) is 0 Å². The molecule has 0 saturated heterocycles. The molecule has 0 saturated carbocycles. The average Bonchev–Trinajstić information content (AvgIpc) is 2.31. The number of nitrogens with zero attached hydrogens (tertiary/aromatic N) is 2. The second kappa shape index (κ2) is 4.16. The molecule has 0 spiro atoms. The van der Waals surface area contributed by atoms with E-state index in [1.165, 1.54) is 4.88 Å². The standard InChI is InChI=1S/C9H12N2S/c1-4-10-6-5-9-7(2)11-8(3)12-9/h4-6H,1-3H3. The molecule has 0 amide bonds. The summed E-state index contributed by atoms with van der Waals surface area (Å²) in [7, 11) is 0. The molecule has 12 heavy (non-hydrogen) atoms. The Bertz CT molecular complexity index is 310. The molecule has 0 aliphatic carbocycles. The lowest BCUT2D eigenvalue weighted by Crippen LogP contribution is -1.72. The molecule has 3 heteroatoms. The molecule has 0 aromatic carbocycles. The third-order valence-corrected chi connectivity index (χ3v) is 2.44. The van der Waals surface area contributed by atoms with Crippen LogP contribution in [0.15, 0.2) is 11.2 Å². The first-order valence-corrected chi connectivity index (χ1v) is 4.64. The summed E-state index contributed by atoms with van der Waals surface area (Å²) in [5, 5.41) is 1.10. The van der Waals surface area contributed by atoms with Crippen molar-refractivity contribution < 1.29 is 0 Å². The van der Waals surface area contributed by atoms with Crippen molar-refractivity contribution in [2.24, 2.45) is 4.99 Å². The second-order valence-electron chi connectivity index (χ2n) is 2.41. The minimum atomic E-state index is 1.08. The van der Waals surface area contributed by atoms with Crippen LogP contribution in [0.3, 0.4) is 0 Å². The lowest BCUT2D eigenvalue weighted by Gasteiger charge is -1.83. The van der Waals surface area contributed by atoms with Crippen molar-refractivity contribution in [3.63, 3.8) is 0 Å². The van der Waals surface area contributed by atoms with Gasteiger partial charge < -0.3 is 0 Å². The van der Waals surface area contributed by atoms with E-state index in [0.29, 0.717) is 0 Å². The van der Waals surface area contributed by atoms with Gasteiger partial charge in [0.1, 0.15) is 0 Å². The van der Waals surface area contributed by atoms with Crippen LogP contribution in [0.1, 0.15) is 22.5 Å². The molecule has 0 fully saturated rings. The van der Waals surface area contributed by atoms with Crippen molar-refractivity contribution in [1.29, 1.82) is 0 Å². The van der Waals surface area contributed by atoms with Crippen LogP contribution in [0, 0.1) is 13.8 Å². The number of hydrogen-bond donors (Lipinski definition) is 0. The number of aryl methyl sites for hydroxylation is 2. The number of aromatic nitrogens is 1. The number of aliphatic imine (C=N–C) groups is 1. The lowest BCUT2D eigenvalue weighted by molar-refractivity contribution is 1.20. The van der Waals surface area contributed by atoms with E-state index in [2.05, 4.69) is 9.98 Å². The largest absolute Gasteiger partial charge is 0.269 e. The molecule has 0 unspecified atom stereocenters. The van der Waals surface area contributed by atoms with Crippen molar-refractivity contribution in [2.75, 3.05) is 0 Å². The van der Waals surface area contributed by atoms with Gasteiger partial charge in [-0.05, 0) is 26.8 Å². The Morgan fingerprint density at radius 1 is 1.42 bits per heavy atom. The highest BCUT2D eigenvalue weighted by Gasteiger charge is 1.99. The summed E-state index contributed by atoms with van der Waals surface area (Å²) in [6, 6.07) is 0. The predicted molar refractivity (Wildman–Crippen MR) is 54.8 cm³/mol. The smallest absolute Gasteiger partial charge is 0.0903 e. The maximum atomic E-state index is 4.31. The Hall–Kier alpha value is -0.960. The summed E-state index contributed by atoms with van der Waals surface area (Å²) in [4.78, 5) is 9.49. The summed E-state index contributed by atoms with van der Waals surface area (Å²) in [6.45, 7) is 5.92. The highest BCUT2D eigenvalue weighted by molar-refractivity contribution is 7.12. The molecule has 0 radical (unpaired) electrons. The summed E-state index contributed by atoms with van der Waals surface area (Å²) in [5.74, 6) is 0. The molecular formula is C9H12N2S. The Balaban J connectivity index is 2.81. The minimum Gasteiger partial charge on any atom is -0.269 e. The van der Waals surface area contributed by atoms with Crippen LogP contribution in [0.25, 0.3) is 6.08 Å². The lowest BCUT2D eigenvalue weighted by atomic mass is 10.4. The fourth-order valence-corrected chi connectivity index (χ4v) is 1.72. The van der Waals surface area contributed by atoms with E-state index in [1.54, 1.807) is 23.8 Å². The maximum absolute atomic E-state index is 4.31. The first kappa shape index (κ1) is 9.13. The first-order valence-electron chi connectivity index (χ1n) is 3.82. The quantitative estimate of drug-likeness (QED) is 0.642. The van der Waals surface area contributed by atoms with E-state index in [4.69, 9.17) is 0 Å². The Morgan fingerprint density at radius 3 is 2.67 bits per heavy atom. The van der Waals surface area contributed by atoms with Crippen molar-refractivity contribution >= 4 is 23.6 Å². The third kappa shape index (κ3) is 2.27. The monoisotopic (exact) mass is 180 g/mol. The molecule has 1 rings (SSSR count). The molecule has 64 valence electrons. The Labute approximate surface area is 76.7 Å². The van der Waals surface area contributed by atoms with E-state index in [0.717, 1.165) is 10.7 Å². The number of thiazole rings is 1. The van der Waals surface area contributed by atoms with Gasteiger partial charge in [-0.25, -0.2) is 4.98 Å². The summed E-state index contributed by atoms with van der Waals surface area (Å²) in [5.41, 5.74) is 1.08. The molecular weight excluding hydrogens is 168 g/mol. The fraction of sp³-hybridized carbons (Fsp3) is 0.333. The maximum Gasteiger partial charge on any atom is 0.0903 e. The van der Waals surface area contributed by atoms with Gasteiger partial charge in [-0.2, -0.15) is 0 Å². The summed E-state index contributed by atoms with van der Waals surface area (Å²) < 4.78 is 0. The van der Waals surface area contributed by atoms with Crippen molar-refractivity contribution in [1.82, 2.24) is 4.98 Å². The number of rotatable bonds is 2. The summed E-state index contributed by atoms with van der Waals surface area (Å²) in [6.07, 6.45) is 5.54. The van der Waals surface area contributed by atoms with Crippen molar-refractivity contribution in [2.45, 2.75) is 20.8 Å². The molecule has 2 nitrogen and oxygen atoms in total.